The van der Waals surface area contributed by atoms with Gasteiger partial charge in [0, 0.05) is 32.8 Å². The highest BCUT2D eigenvalue weighted by Crippen LogP contribution is 2.58. The molecule has 0 saturated heterocycles. The van der Waals surface area contributed by atoms with Crippen LogP contribution in [0.4, 0.5) is 0 Å². The molecule has 0 bridgehead atoms. The first kappa shape index (κ1) is 28.2. The molecule has 11 rings (SSSR count). The Morgan fingerprint density at radius 1 is 0.333 bits per heavy atom. The molecule has 0 radical (unpaired) electrons. The maximum Gasteiger partial charge on any atom is 0.0714 e. The normalized spacial score (nSPS) is 13.3. The van der Waals surface area contributed by atoms with Crippen molar-refractivity contribution in [1.29, 1.82) is 0 Å². The maximum absolute atomic E-state index is 2.53. The second-order valence-corrected chi connectivity index (χ2v) is 13.7. The zero-order chi connectivity index (χ0) is 33.5. The zero-order valence-electron chi connectivity index (χ0n) is 27.9. The number of hydrogen-bond acceptors (Lipinski definition) is 0. The lowest BCUT2D eigenvalue weighted by Crippen LogP contribution is -2.28. The first-order chi connectivity index (χ1) is 25.3. The summed E-state index contributed by atoms with van der Waals surface area (Å²) < 4.78 is 4.95. The number of fused-ring (bicyclic) bond motifs is 9. The van der Waals surface area contributed by atoms with Gasteiger partial charge in [-0.25, -0.2) is 0 Å². The van der Waals surface area contributed by atoms with Gasteiger partial charge in [0.25, 0.3) is 0 Å². The molecular weight excluding hydrogens is 617 g/mol. The number of nitrogens with zero attached hydrogens (tertiary/aromatic N) is 2. The number of benzene rings is 8. The van der Waals surface area contributed by atoms with Crippen LogP contribution in [0.1, 0.15) is 22.3 Å². The van der Waals surface area contributed by atoms with Crippen LogP contribution in [0.15, 0.2) is 194 Å². The van der Waals surface area contributed by atoms with Crippen molar-refractivity contribution in [3.8, 4) is 22.5 Å². The Kier molecular flexibility index (Phi) is 5.91. The van der Waals surface area contributed by atoms with Gasteiger partial charge >= 0.3 is 0 Å². The third kappa shape index (κ3) is 3.76. The first-order valence-corrected chi connectivity index (χ1v) is 17.7. The van der Waals surface area contributed by atoms with Gasteiger partial charge in [-0.1, -0.05) is 152 Å². The predicted molar refractivity (Wildman–Crippen MR) is 212 cm³/mol. The second kappa shape index (κ2) is 10.7. The highest BCUT2D eigenvalue weighted by molar-refractivity contribution is 6.19. The Balaban J connectivity index is 1.30. The predicted octanol–water partition coefficient (Wildman–Crippen LogP) is 12.2. The minimum absolute atomic E-state index is 0.462. The summed E-state index contributed by atoms with van der Waals surface area (Å²) >= 11 is 0. The van der Waals surface area contributed by atoms with Crippen LogP contribution in [0.2, 0.25) is 0 Å². The molecule has 0 unspecified atom stereocenters. The van der Waals surface area contributed by atoms with Crippen molar-refractivity contribution in [3.05, 3.63) is 216 Å². The van der Waals surface area contributed by atoms with E-state index in [9.17, 15) is 0 Å². The van der Waals surface area contributed by atoms with Gasteiger partial charge in [0.05, 0.1) is 33.2 Å². The van der Waals surface area contributed by atoms with Crippen LogP contribution >= 0.6 is 0 Å². The van der Waals surface area contributed by atoms with Gasteiger partial charge < -0.3 is 9.13 Å². The molecule has 0 amide bonds. The maximum atomic E-state index is 2.53. The minimum Gasteiger partial charge on any atom is -0.309 e. The lowest BCUT2D eigenvalue weighted by Gasteiger charge is -2.34. The van der Waals surface area contributed by atoms with Gasteiger partial charge in [0.2, 0.25) is 0 Å². The van der Waals surface area contributed by atoms with E-state index in [0.717, 1.165) is 5.69 Å². The number of para-hydroxylation sites is 3. The lowest BCUT2D eigenvalue weighted by atomic mass is 9.68. The minimum atomic E-state index is -0.462. The molecule has 8 aromatic carbocycles. The molecule has 0 aliphatic heterocycles. The summed E-state index contributed by atoms with van der Waals surface area (Å²) in [5.74, 6) is 0. The summed E-state index contributed by atoms with van der Waals surface area (Å²) in [6, 6.07) is 71.5. The van der Waals surface area contributed by atoms with Crippen molar-refractivity contribution in [3.63, 3.8) is 0 Å². The molecule has 2 aromatic heterocycles. The standard InChI is InChI=1S/C49H32N2/c1-4-17-33(18-5-1)49(34-19-6-2-7-20-34)41-26-13-10-25-38(41)48-42(49)27-16-30-45(48)51-44-29-15-12-24-37(44)40-31-39-36-23-11-14-28-43(36)50(46(39)32-47(40)51)35-21-8-3-9-22-35/h1-32H. The number of hydrogen-bond donors (Lipinski definition) is 0. The topological polar surface area (TPSA) is 9.86 Å². The SMILES string of the molecule is c1ccc(-n2c3ccccc3c3cc4c5ccccc5n(-c5cccc6c5-c5ccccc5C6(c5ccccc5)c5ccccc5)c4cc32)cc1. The van der Waals surface area contributed by atoms with Gasteiger partial charge in [-0.3, -0.25) is 0 Å². The molecule has 1 aliphatic rings. The smallest absolute Gasteiger partial charge is 0.0714 e. The van der Waals surface area contributed by atoms with E-state index >= 15 is 0 Å². The van der Waals surface area contributed by atoms with Gasteiger partial charge in [-0.2, -0.15) is 0 Å². The van der Waals surface area contributed by atoms with E-state index < -0.39 is 5.41 Å². The van der Waals surface area contributed by atoms with Crippen molar-refractivity contribution in [2.75, 3.05) is 0 Å². The van der Waals surface area contributed by atoms with E-state index in [1.54, 1.807) is 0 Å². The van der Waals surface area contributed by atoms with Crippen molar-refractivity contribution >= 4 is 43.6 Å². The van der Waals surface area contributed by atoms with Crippen LogP contribution < -0.4 is 0 Å². The summed E-state index contributed by atoms with van der Waals surface area (Å²) in [5.41, 5.74) is 14.5. The van der Waals surface area contributed by atoms with E-state index in [2.05, 4.69) is 203 Å². The Bertz CT molecular complexity index is 2910. The van der Waals surface area contributed by atoms with E-state index in [0.29, 0.717) is 0 Å². The summed E-state index contributed by atoms with van der Waals surface area (Å²) in [6.07, 6.45) is 0. The van der Waals surface area contributed by atoms with Crippen LogP contribution in [0.3, 0.4) is 0 Å². The zero-order valence-corrected chi connectivity index (χ0v) is 27.9. The van der Waals surface area contributed by atoms with Crippen LogP contribution in [0, 0.1) is 0 Å². The third-order valence-electron chi connectivity index (χ3n) is 11.2. The van der Waals surface area contributed by atoms with Crippen LogP contribution in [-0.4, -0.2) is 9.13 Å². The first-order valence-electron chi connectivity index (χ1n) is 17.7. The summed E-state index contributed by atoms with van der Waals surface area (Å²) in [5, 5.41) is 5.04. The van der Waals surface area contributed by atoms with Crippen molar-refractivity contribution in [2.45, 2.75) is 5.41 Å². The summed E-state index contributed by atoms with van der Waals surface area (Å²) in [4.78, 5) is 0. The van der Waals surface area contributed by atoms with Crippen LogP contribution in [0.5, 0.6) is 0 Å². The average Bonchev–Trinajstić information content (AvgIpc) is 3.82. The summed E-state index contributed by atoms with van der Waals surface area (Å²) in [7, 11) is 0. The quantitative estimate of drug-likeness (QED) is 0.180. The molecule has 0 fully saturated rings. The molecule has 0 saturated carbocycles. The van der Waals surface area contributed by atoms with Crippen LogP contribution in [0.25, 0.3) is 66.1 Å². The monoisotopic (exact) mass is 648 g/mol. The molecule has 0 atom stereocenters. The average molecular weight is 649 g/mol. The van der Waals surface area contributed by atoms with E-state index in [1.165, 1.54) is 82.7 Å². The highest BCUT2D eigenvalue weighted by Gasteiger charge is 2.47. The molecule has 51 heavy (non-hydrogen) atoms. The van der Waals surface area contributed by atoms with E-state index in [1.807, 2.05) is 0 Å². The van der Waals surface area contributed by atoms with E-state index in [-0.39, 0.29) is 0 Å². The van der Waals surface area contributed by atoms with Crippen molar-refractivity contribution < 1.29 is 0 Å². The van der Waals surface area contributed by atoms with Gasteiger partial charge in [0.15, 0.2) is 0 Å². The molecule has 2 heterocycles. The Morgan fingerprint density at radius 3 is 1.51 bits per heavy atom. The number of rotatable bonds is 4. The van der Waals surface area contributed by atoms with Crippen molar-refractivity contribution in [1.82, 2.24) is 9.13 Å². The molecule has 238 valence electrons. The van der Waals surface area contributed by atoms with Crippen molar-refractivity contribution in [2.24, 2.45) is 0 Å². The molecular formula is C49H32N2. The fraction of sp³-hybridized carbons (Fsp3) is 0.0204. The fourth-order valence-electron chi connectivity index (χ4n) is 9.21. The Labute approximate surface area is 296 Å². The molecule has 0 spiro atoms. The molecule has 0 N–H and O–H groups in total. The molecule has 10 aromatic rings. The van der Waals surface area contributed by atoms with Gasteiger partial charge in [-0.05, 0) is 70.3 Å². The van der Waals surface area contributed by atoms with Crippen LogP contribution in [-0.2, 0) is 5.41 Å². The van der Waals surface area contributed by atoms with Gasteiger partial charge in [0.1, 0.15) is 0 Å². The number of aromatic nitrogens is 2. The second-order valence-electron chi connectivity index (χ2n) is 13.7. The van der Waals surface area contributed by atoms with Gasteiger partial charge in [-0.15, -0.1) is 0 Å². The molecule has 2 heteroatoms. The third-order valence-corrected chi connectivity index (χ3v) is 11.2. The summed E-state index contributed by atoms with van der Waals surface area (Å²) in [6.45, 7) is 0. The fourth-order valence-corrected chi connectivity index (χ4v) is 9.21. The van der Waals surface area contributed by atoms with E-state index in [4.69, 9.17) is 0 Å². The Hall–Kier alpha value is -6.64. The molecule has 2 nitrogen and oxygen atoms in total. The lowest BCUT2D eigenvalue weighted by molar-refractivity contribution is 0.768. The molecule has 1 aliphatic carbocycles. The largest absolute Gasteiger partial charge is 0.309 e. The Morgan fingerprint density at radius 2 is 0.843 bits per heavy atom. The highest BCUT2D eigenvalue weighted by atomic mass is 15.0.